The fourth-order valence-electron chi connectivity index (χ4n) is 3.98. The number of fused-ring (bicyclic) bond motifs is 2. The molecule has 2 aromatic heterocycles. The predicted molar refractivity (Wildman–Crippen MR) is 94.8 cm³/mol. The molecular weight excluding hydrogens is 334 g/mol. The minimum atomic E-state index is -0.176. The van der Waals surface area contributed by atoms with Crippen LogP contribution in [0, 0.1) is 0 Å². The van der Waals surface area contributed by atoms with Gasteiger partial charge in [-0.25, -0.2) is 9.97 Å². The lowest BCUT2D eigenvalue weighted by Crippen LogP contribution is -2.47. The van der Waals surface area contributed by atoms with Gasteiger partial charge in [-0.15, -0.1) is 11.3 Å². The second-order valence-corrected chi connectivity index (χ2v) is 8.18. The van der Waals surface area contributed by atoms with Crippen LogP contribution in [0.4, 0.5) is 0 Å². The Labute approximate surface area is 151 Å². The van der Waals surface area contributed by atoms with Gasteiger partial charge < -0.3 is 9.64 Å². The van der Waals surface area contributed by atoms with E-state index >= 15 is 0 Å². The first-order valence-electron chi connectivity index (χ1n) is 9.07. The Kier molecular flexibility index (Phi) is 3.64. The van der Waals surface area contributed by atoms with Crippen LogP contribution in [0.3, 0.4) is 0 Å². The molecule has 2 aliphatic heterocycles. The standard InChI is InChI=1S/C19H21N3O2S/c23-18(15-11-20-17(21-12-15)14-1-2-14)22-7-5-19(6-8-22)16-13(3-9-24-19)4-10-25-16/h4,10-12,14H,1-3,5-9H2. The van der Waals surface area contributed by atoms with Crippen LogP contribution in [0.1, 0.15) is 58.2 Å². The first-order chi connectivity index (χ1) is 12.3. The lowest BCUT2D eigenvalue weighted by molar-refractivity contribution is -0.0906. The van der Waals surface area contributed by atoms with Crippen molar-refractivity contribution in [2.75, 3.05) is 19.7 Å². The number of hydrogen-bond donors (Lipinski definition) is 0. The zero-order chi connectivity index (χ0) is 16.9. The van der Waals surface area contributed by atoms with Crippen molar-refractivity contribution < 1.29 is 9.53 Å². The van der Waals surface area contributed by atoms with Crippen molar-refractivity contribution in [1.29, 1.82) is 0 Å². The van der Waals surface area contributed by atoms with Crippen molar-refractivity contribution in [3.8, 4) is 0 Å². The summed E-state index contributed by atoms with van der Waals surface area (Å²) in [6.45, 7) is 2.23. The largest absolute Gasteiger partial charge is 0.369 e. The molecule has 1 aliphatic carbocycles. The number of likely N-dealkylation sites (tertiary alicyclic amines) is 1. The highest BCUT2D eigenvalue weighted by molar-refractivity contribution is 7.10. The number of carbonyl (C=O) groups is 1. The summed E-state index contributed by atoms with van der Waals surface area (Å²) >= 11 is 1.80. The number of rotatable bonds is 2. The monoisotopic (exact) mass is 355 g/mol. The van der Waals surface area contributed by atoms with Crippen molar-refractivity contribution in [3.05, 3.63) is 45.7 Å². The summed E-state index contributed by atoms with van der Waals surface area (Å²) in [6, 6.07) is 2.22. The van der Waals surface area contributed by atoms with E-state index in [1.807, 2.05) is 4.90 Å². The van der Waals surface area contributed by atoms with Crippen LogP contribution in [0.5, 0.6) is 0 Å². The van der Waals surface area contributed by atoms with Crippen molar-refractivity contribution in [2.45, 2.75) is 43.6 Å². The summed E-state index contributed by atoms with van der Waals surface area (Å²) in [6.07, 6.45) is 8.48. The second kappa shape index (κ2) is 5.88. The van der Waals surface area contributed by atoms with Crippen molar-refractivity contribution in [2.24, 2.45) is 0 Å². The van der Waals surface area contributed by atoms with E-state index in [-0.39, 0.29) is 11.5 Å². The minimum absolute atomic E-state index is 0.0411. The maximum atomic E-state index is 12.8. The molecule has 25 heavy (non-hydrogen) atoms. The van der Waals surface area contributed by atoms with Crippen molar-refractivity contribution in [3.63, 3.8) is 0 Å². The molecular formula is C19H21N3O2S. The molecule has 6 heteroatoms. The van der Waals surface area contributed by atoms with Crippen LogP contribution in [0.15, 0.2) is 23.8 Å². The van der Waals surface area contributed by atoms with Gasteiger partial charge in [0.1, 0.15) is 11.4 Å². The molecule has 5 nitrogen and oxygen atoms in total. The molecule has 0 atom stereocenters. The van der Waals surface area contributed by atoms with Crippen LogP contribution in [0.25, 0.3) is 0 Å². The summed E-state index contributed by atoms with van der Waals surface area (Å²) in [7, 11) is 0. The molecule has 1 amide bonds. The summed E-state index contributed by atoms with van der Waals surface area (Å²) in [4.78, 5) is 24.8. The second-order valence-electron chi connectivity index (χ2n) is 7.26. The Morgan fingerprint density at radius 3 is 2.72 bits per heavy atom. The molecule has 0 radical (unpaired) electrons. The fourth-order valence-corrected chi connectivity index (χ4v) is 5.15. The number of piperidine rings is 1. The number of ether oxygens (including phenoxy) is 1. The van der Waals surface area contributed by atoms with E-state index in [0.29, 0.717) is 11.5 Å². The van der Waals surface area contributed by atoms with Gasteiger partial charge in [-0.05, 0) is 49.1 Å². The van der Waals surface area contributed by atoms with Crippen molar-refractivity contribution in [1.82, 2.24) is 14.9 Å². The molecule has 4 heterocycles. The van der Waals surface area contributed by atoms with Gasteiger partial charge in [0.2, 0.25) is 0 Å². The zero-order valence-corrected chi connectivity index (χ0v) is 14.9. The molecule has 1 spiro atoms. The molecule has 3 aliphatic rings. The summed E-state index contributed by atoms with van der Waals surface area (Å²) < 4.78 is 6.22. The number of hydrogen-bond acceptors (Lipinski definition) is 5. The van der Waals surface area contributed by atoms with Crippen LogP contribution in [0.2, 0.25) is 0 Å². The molecule has 2 fully saturated rings. The first-order valence-corrected chi connectivity index (χ1v) is 9.95. The third-order valence-electron chi connectivity index (χ3n) is 5.63. The maximum absolute atomic E-state index is 12.8. The van der Waals surface area contributed by atoms with Gasteiger partial charge in [-0.1, -0.05) is 0 Å². The molecule has 0 bridgehead atoms. The fraction of sp³-hybridized carbons (Fsp3) is 0.526. The van der Waals surface area contributed by atoms with Gasteiger partial charge in [0, 0.05) is 36.3 Å². The van der Waals surface area contributed by atoms with Crippen LogP contribution >= 0.6 is 11.3 Å². The third kappa shape index (κ3) is 2.68. The molecule has 130 valence electrons. The number of thiophene rings is 1. The number of carbonyl (C=O) groups excluding carboxylic acids is 1. The predicted octanol–water partition coefficient (Wildman–Crippen LogP) is 3.12. The van der Waals surface area contributed by atoms with E-state index in [4.69, 9.17) is 4.74 Å². The molecule has 1 saturated heterocycles. The summed E-state index contributed by atoms with van der Waals surface area (Å²) in [5, 5.41) is 2.16. The van der Waals surface area contributed by atoms with Crippen LogP contribution in [-0.2, 0) is 16.8 Å². The summed E-state index contributed by atoms with van der Waals surface area (Å²) in [5.41, 5.74) is 1.85. The van der Waals surface area contributed by atoms with Crippen LogP contribution in [-0.4, -0.2) is 40.5 Å². The number of amides is 1. The van der Waals surface area contributed by atoms with E-state index < -0.39 is 0 Å². The van der Waals surface area contributed by atoms with Gasteiger partial charge >= 0.3 is 0 Å². The lowest BCUT2D eigenvalue weighted by atomic mass is 9.85. The minimum Gasteiger partial charge on any atom is -0.369 e. The van der Waals surface area contributed by atoms with Gasteiger partial charge in [0.05, 0.1) is 12.2 Å². The van der Waals surface area contributed by atoms with Gasteiger partial charge in [0.25, 0.3) is 5.91 Å². The highest BCUT2D eigenvalue weighted by Gasteiger charge is 2.42. The van der Waals surface area contributed by atoms with E-state index in [2.05, 4.69) is 21.4 Å². The van der Waals surface area contributed by atoms with Gasteiger partial charge in [-0.3, -0.25) is 4.79 Å². The lowest BCUT2D eigenvalue weighted by Gasteiger charge is -2.43. The third-order valence-corrected chi connectivity index (χ3v) is 6.77. The Morgan fingerprint density at radius 1 is 1.24 bits per heavy atom. The van der Waals surface area contributed by atoms with Gasteiger partial charge in [-0.2, -0.15) is 0 Å². The van der Waals surface area contributed by atoms with E-state index in [1.165, 1.54) is 23.3 Å². The molecule has 1 saturated carbocycles. The summed E-state index contributed by atoms with van der Waals surface area (Å²) in [5.74, 6) is 1.44. The highest BCUT2D eigenvalue weighted by Crippen LogP contribution is 2.44. The Bertz CT molecular complexity index is 789. The molecule has 0 N–H and O–H groups in total. The van der Waals surface area contributed by atoms with Crippen LogP contribution < -0.4 is 0 Å². The van der Waals surface area contributed by atoms with Crippen molar-refractivity contribution >= 4 is 17.2 Å². The topological polar surface area (TPSA) is 55.3 Å². The smallest absolute Gasteiger partial charge is 0.256 e. The SMILES string of the molecule is O=C(c1cnc(C2CC2)nc1)N1CCC2(CC1)OCCc1ccsc12. The zero-order valence-electron chi connectivity index (χ0n) is 14.1. The van der Waals surface area contributed by atoms with E-state index in [1.54, 1.807) is 23.7 Å². The highest BCUT2D eigenvalue weighted by atomic mass is 32.1. The van der Waals surface area contributed by atoms with Gasteiger partial charge in [0.15, 0.2) is 0 Å². The number of nitrogens with zero attached hydrogens (tertiary/aromatic N) is 3. The molecule has 5 rings (SSSR count). The normalized spacial score (nSPS) is 22.0. The first kappa shape index (κ1) is 15.5. The average molecular weight is 355 g/mol. The average Bonchev–Trinajstić information content (AvgIpc) is 3.39. The molecule has 2 aromatic rings. The maximum Gasteiger partial charge on any atom is 0.256 e. The molecule has 0 aromatic carbocycles. The van der Waals surface area contributed by atoms with E-state index in [9.17, 15) is 4.79 Å². The Morgan fingerprint density at radius 2 is 2.00 bits per heavy atom. The Balaban J connectivity index is 1.29. The number of aromatic nitrogens is 2. The van der Waals surface area contributed by atoms with E-state index in [0.717, 1.165) is 44.8 Å². The molecule has 0 unspecified atom stereocenters. The quantitative estimate of drug-likeness (QED) is 0.831. The Hall–Kier alpha value is -1.79.